The van der Waals surface area contributed by atoms with Crippen molar-refractivity contribution in [2.75, 3.05) is 0 Å². The maximum atomic E-state index is 12.0. The van der Waals surface area contributed by atoms with Gasteiger partial charge in [-0.3, -0.25) is 0 Å². The monoisotopic (exact) mass is 363 g/mol. The maximum Gasteiger partial charge on any atom is 0.0734 e. The lowest BCUT2D eigenvalue weighted by Crippen LogP contribution is -2.62. The van der Waals surface area contributed by atoms with Gasteiger partial charge in [-0.1, -0.05) is 13.8 Å². The highest BCUT2D eigenvalue weighted by Gasteiger charge is 2.66. The number of hydrogen-bond acceptors (Lipinski definition) is 4. The molecule has 0 aromatic heterocycles. The van der Waals surface area contributed by atoms with Crippen LogP contribution in [0, 0.1) is 34.5 Å². The highest BCUT2D eigenvalue weighted by atomic mass is 16.4. The summed E-state index contributed by atoms with van der Waals surface area (Å²) in [7, 11) is 0. The minimum Gasteiger partial charge on any atom is -0.411 e. The second-order valence-corrected chi connectivity index (χ2v) is 10.4. The fourth-order valence-corrected chi connectivity index (χ4v) is 8.11. The smallest absolute Gasteiger partial charge is 0.0734 e. The van der Waals surface area contributed by atoms with Gasteiger partial charge in [-0.15, -0.1) is 5.16 Å². The van der Waals surface area contributed by atoms with Gasteiger partial charge in [0, 0.05) is 6.21 Å². The summed E-state index contributed by atoms with van der Waals surface area (Å²) in [6.45, 7) is 4.81. The predicted molar refractivity (Wildman–Crippen MR) is 102 cm³/mol. The third kappa shape index (κ3) is 2.51. The van der Waals surface area contributed by atoms with Crippen molar-refractivity contribution in [3.8, 4) is 0 Å². The van der Waals surface area contributed by atoms with Crippen LogP contribution in [-0.2, 0) is 0 Å². The quantitative estimate of drug-likeness (QED) is 0.396. The molecule has 8 atom stereocenters. The molecule has 0 aromatic rings. The molecule has 3 N–H and O–H groups in total. The number of hydrogen-bond donors (Lipinski definition) is 3. The molecule has 0 bridgehead atoms. The van der Waals surface area contributed by atoms with Gasteiger partial charge in [-0.2, -0.15) is 0 Å². The molecule has 26 heavy (non-hydrogen) atoms. The molecule has 0 aromatic carbocycles. The molecule has 4 fully saturated rings. The van der Waals surface area contributed by atoms with E-state index in [-0.39, 0.29) is 11.5 Å². The Kier molecular flexibility index (Phi) is 4.67. The highest BCUT2D eigenvalue weighted by Crippen LogP contribution is 2.69. The van der Waals surface area contributed by atoms with Gasteiger partial charge in [0.2, 0.25) is 0 Å². The number of aliphatic hydroxyl groups is 2. The zero-order chi connectivity index (χ0) is 18.6. The van der Waals surface area contributed by atoms with Crippen molar-refractivity contribution >= 4 is 6.21 Å². The van der Waals surface area contributed by atoms with Crippen molar-refractivity contribution in [2.45, 2.75) is 96.2 Å². The molecule has 2 unspecified atom stereocenters. The van der Waals surface area contributed by atoms with Crippen molar-refractivity contribution in [1.82, 2.24) is 0 Å². The average molecular weight is 364 g/mol. The molecular formula is C22H37NO3. The zero-order valence-corrected chi connectivity index (χ0v) is 16.5. The van der Waals surface area contributed by atoms with Gasteiger partial charge in [0.1, 0.15) is 0 Å². The van der Waals surface area contributed by atoms with E-state index in [1.165, 1.54) is 12.8 Å². The summed E-state index contributed by atoms with van der Waals surface area (Å²) < 4.78 is 0. The van der Waals surface area contributed by atoms with Gasteiger partial charge in [0.15, 0.2) is 0 Å². The van der Waals surface area contributed by atoms with Crippen LogP contribution in [0.4, 0.5) is 0 Å². The van der Waals surface area contributed by atoms with Gasteiger partial charge < -0.3 is 15.4 Å². The Hall–Kier alpha value is -0.610. The van der Waals surface area contributed by atoms with Crippen LogP contribution in [0.2, 0.25) is 0 Å². The first-order valence-electron chi connectivity index (χ1n) is 10.9. The fourth-order valence-electron chi connectivity index (χ4n) is 8.11. The van der Waals surface area contributed by atoms with Crippen LogP contribution in [0.5, 0.6) is 0 Å². The summed E-state index contributed by atoms with van der Waals surface area (Å²) in [6, 6.07) is 0. The van der Waals surface area contributed by atoms with Crippen molar-refractivity contribution < 1.29 is 15.4 Å². The topological polar surface area (TPSA) is 73.1 Å². The van der Waals surface area contributed by atoms with Crippen LogP contribution in [0.15, 0.2) is 5.16 Å². The van der Waals surface area contributed by atoms with Crippen LogP contribution in [0.25, 0.3) is 0 Å². The Labute approximate surface area is 158 Å². The first-order chi connectivity index (χ1) is 12.3. The predicted octanol–water partition coefficient (Wildman–Crippen LogP) is 4.36. The first-order valence-corrected chi connectivity index (χ1v) is 10.9. The summed E-state index contributed by atoms with van der Waals surface area (Å²) in [5.41, 5.74) is -0.212. The lowest BCUT2D eigenvalue weighted by atomic mass is 9.43. The van der Waals surface area contributed by atoms with Gasteiger partial charge in [-0.05, 0) is 105 Å². The van der Waals surface area contributed by atoms with Gasteiger partial charge in [-0.25, -0.2) is 0 Å². The lowest BCUT2D eigenvalue weighted by molar-refractivity contribution is -0.210. The second kappa shape index (κ2) is 6.48. The number of aliphatic hydroxyl groups excluding tert-OH is 1. The highest BCUT2D eigenvalue weighted by molar-refractivity contribution is 5.56. The van der Waals surface area contributed by atoms with Crippen LogP contribution in [-0.4, -0.2) is 33.3 Å². The molecule has 0 aliphatic heterocycles. The summed E-state index contributed by atoms with van der Waals surface area (Å²) in [5, 5.41) is 34.0. The molecule has 4 rings (SSSR count). The SMILES string of the molecule is C[C@]12CC[C@H](O)C[C@H]1CCC1C2CC[C@]2(C)[C@@H](CC/C=N/O)CC[C@]12O. The van der Waals surface area contributed by atoms with Crippen LogP contribution < -0.4 is 0 Å². The standard InChI is InChI=1S/C22H37NO3/c1-20-10-8-17(24)14-16(20)5-6-19-18(20)9-11-21(2)15(4-3-13-23-26)7-12-22(19,21)25/h13,15-19,24-26H,3-12,14H2,1-2H3/b23-13+/t15-,16+,17-,18?,19?,20-,21+,22-/m0/s1. The van der Waals surface area contributed by atoms with E-state index in [0.29, 0.717) is 29.1 Å². The van der Waals surface area contributed by atoms with Crippen LogP contribution in [0.3, 0.4) is 0 Å². The van der Waals surface area contributed by atoms with E-state index >= 15 is 0 Å². The normalized spacial score (nSPS) is 53.9. The molecular weight excluding hydrogens is 326 g/mol. The summed E-state index contributed by atoms with van der Waals surface area (Å²) in [4.78, 5) is 0. The van der Waals surface area contributed by atoms with Crippen molar-refractivity contribution in [1.29, 1.82) is 0 Å². The fraction of sp³-hybridized carbons (Fsp3) is 0.955. The molecule has 0 saturated heterocycles. The number of oxime groups is 1. The molecule has 4 nitrogen and oxygen atoms in total. The molecule has 0 radical (unpaired) electrons. The summed E-state index contributed by atoms with van der Waals surface area (Å²) in [6.07, 6.45) is 13.1. The minimum atomic E-state index is -0.527. The Morgan fingerprint density at radius 2 is 1.81 bits per heavy atom. The first kappa shape index (κ1) is 18.7. The van der Waals surface area contributed by atoms with Gasteiger partial charge >= 0.3 is 0 Å². The third-order valence-corrected chi connectivity index (χ3v) is 9.74. The van der Waals surface area contributed by atoms with Crippen LogP contribution in [0.1, 0.15) is 84.5 Å². The number of fused-ring (bicyclic) bond motifs is 5. The molecule has 4 aliphatic rings. The lowest BCUT2D eigenvalue weighted by Gasteiger charge is -2.63. The number of nitrogens with zero attached hydrogens (tertiary/aromatic N) is 1. The second-order valence-electron chi connectivity index (χ2n) is 10.4. The van der Waals surface area contributed by atoms with E-state index in [4.69, 9.17) is 5.21 Å². The molecule has 0 amide bonds. The van der Waals surface area contributed by atoms with Gasteiger partial charge in [0.05, 0.1) is 11.7 Å². The van der Waals surface area contributed by atoms with E-state index in [1.807, 2.05) is 0 Å². The Morgan fingerprint density at radius 3 is 2.58 bits per heavy atom. The molecule has 0 spiro atoms. The molecule has 0 heterocycles. The molecule has 4 heteroatoms. The number of rotatable bonds is 3. The van der Waals surface area contributed by atoms with E-state index in [0.717, 1.165) is 57.8 Å². The van der Waals surface area contributed by atoms with E-state index < -0.39 is 5.60 Å². The van der Waals surface area contributed by atoms with Crippen LogP contribution >= 0.6 is 0 Å². The molecule has 4 aliphatic carbocycles. The third-order valence-electron chi connectivity index (χ3n) is 9.74. The van der Waals surface area contributed by atoms with E-state index in [1.54, 1.807) is 6.21 Å². The Bertz CT molecular complexity index is 566. The summed E-state index contributed by atoms with van der Waals surface area (Å²) in [5.74, 6) is 2.21. The average Bonchev–Trinajstić information content (AvgIpc) is 2.88. The van der Waals surface area contributed by atoms with E-state index in [9.17, 15) is 10.2 Å². The largest absolute Gasteiger partial charge is 0.411 e. The summed E-state index contributed by atoms with van der Waals surface area (Å²) >= 11 is 0. The van der Waals surface area contributed by atoms with E-state index in [2.05, 4.69) is 19.0 Å². The Morgan fingerprint density at radius 1 is 1.00 bits per heavy atom. The molecule has 4 saturated carbocycles. The van der Waals surface area contributed by atoms with Gasteiger partial charge in [0.25, 0.3) is 0 Å². The van der Waals surface area contributed by atoms with Crippen molar-refractivity contribution in [2.24, 2.45) is 39.7 Å². The molecule has 148 valence electrons. The van der Waals surface area contributed by atoms with Crippen molar-refractivity contribution in [3.05, 3.63) is 0 Å². The Balaban J connectivity index is 1.58. The maximum absolute atomic E-state index is 12.0. The minimum absolute atomic E-state index is 0.00877. The van der Waals surface area contributed by atoms with Crippen molar-refractivity contribution in [3.63, 3.8) is 0 Å². The zero-order valence-electron chi connectivity index (χ0n) is 16.5.